The van der Waals surface area contributed by atoms with Gasteiger partial charge in [0.15, 0.2) is 0 Å². The van der Waals surface area contributed by atoms with Gasteiger partial charge in [-0.2, -0.15) is 0 Å². The first kappa shape index (κ1) is 60.6. The average Bonchev–Trinajstić information content (AvgIpc) is 3.08. The fraction of sp³-hybridized carbons (Fsp3) is 1.00. The molecule has 52 heavy (non-hydrogen) atoms. The third-order valence-corrected chi connectivity index (χ3v) is 23.3. The molecular weight excluding hydrogens is 692 g/mol. The summed E-state index contributed by atoms with van der Waals surface area (Å²) in [6.45, 7) is 19.2. The fourth-order valence-electron chi connectivity index (χ4n) is 6.93. The van der Waals surface area contributed by atoms with E-state index in [1.807, 2.05) is 0 Å². The molecule has 0 radical (unpaired) electrons. The van der Waals surface area contributed by atoms with Crippen molar-refractivity contribution in [1.82, 2.24) is 19.6 Å². The van der Waals surface area contributed by atoms with Crippen LogP contribution in [0.15, 0.2) is 0 Å². The van der Waals surface area contributed by atoms with Crippen LogP contribution in [0.25, 0.3) is 0 Å². The molecule has 0 saturated carbocycles. The lowest BCUT2D eigenvalue weighted by Gasteiger charge is -2.12. The second-order valence-electron chi connectivity index (χ2n) is 17.9. The quantitative estimate of drug-likeness (QED) is 0.0496. The standard InChI is InChI=1S/4C6H14N.2C4H9.2C3H7.2C2H5.2CH3.4Al/c4*1-4-5-6-7(2)3;2*1-3-4-2;2*1-3-2;2*1-2;;;;;;/h4*1,4-6H2,2-3H3;2*1,3-4H2,2H3;2*1,3H2,2H3;2*1H2,2H3;2*1H3;;;;. The number of nitrogens with zero attached hydrogens (tertiary/aromatic N) is 4. The zero-order valence-electron chi connectivity index (χ0n) is 39.9. The van der Waals surface area contributed by atoms with E-state index in [-0.39, 0.29) is 56.6 Å². The zero-order valence-corrected chi connectivity index (χ0v) is 44.5. The van der Waals surface area contributed by atoms with Gasteiger partial charge in [-0.25, -0.2) is 0 Å². The molecule has 0 fully saturated rings. The van der Waals surface area contributed by atoms with Gasteiger partial charge >= 0.3 is 0 Å². The number of hydrogen-bond acceptors (Lipinski definition) is 4. The van der Waals surface area contributed by atoms with Crippen molar-refractivity contribution in [3.05, 3.63) is 0 Å². The van der Waals surface area contributed by atoms with E-state index in [0.717, 1.165) is 0 Å². The Morgan fingerprint density at radius 1 is 0.288 bits per heavy atom. The lowest BCUT2D eigenvalue weighted by molar-refractivity contribution is 0.398. The fourth-order valence-corrected chi connectivity index (χ4v) is 17.4. The second-order valence-corrected chi connectivity index (χ2v) is 32.1. The number of hydrogen-bond donors (Lipinski definition) is 0. The van der Waals surface area contributed by atoms with Crippen molar-refractivity contribution < 1.29 is 0 Å². The first-order valence-corrected chi connectivity index (χ1v) is 33.8. The molecule has 312 valence electrons. The van der Waals surface area contributed by atoms with Gasteiger partial charge in [0.1, 0.15) is 0 Å². The molecule has 0 rings (SSSR count). The van der Waals surface area contributed by atoms with Crippen LogP contribution in [0.4, 0.5) is 0 Å². The van der Waals surface area contributed by atoms with E-state index >= 15 is 0 Å². The molecule has 0 atom stereocenters. The summed E-state index contributed by atoms with van der Waals surface area (Å²) in [5, 5.41) is 15.7. The molecule has 0 heterocycles. The van der Waals surface area contributed by atoms with E-state index in [4.69, 9.17) is 0 Å². The van der Waals surface area contributed by atoms with Crippen LogP contribution in [0.2, 0.25) is 64.4 Å². The minimum Gasteiger partial charge on any atom is -0.309 e. The van der Waals surface area contributed by atoms with Crippen molar-refractivity contribution in [1.29, 1.82) is 0 Å². The van der Waals surface area contributed by atoms with Gasteiger partial charge in [0, 0.05) is 0 Å². The zero-order chi connectivity index (χ0) is 40.4. The lowest BCUT2D eigenvalue weighted by atomic mass is 10.3. The smallest absolute Gasteiger partial charge is 0.261 e. The van der Waals surface area contributed by atoms with Crippen LogP contribution >= 0.6 is 0 Å². The van der Waals surface area contributed by atoms with Gasteiger partial charge in [0.2, 0.25) is 0 Å². The molecular formula is C44H104Al4N4. The maximum absolute atomic E-state index is 2.43. The molecule has 0 aromatic carbocycles. The first-order valence-electron chi connectivity index (χ1n) is 23.3. The Labute approximate surface area is 351 Å². The lowest BCUT2D eigenvalue weighted by Crippen LogP contribution is -2.15. The third-order valence-electron chi connectivity index (χ3n) is 10.5. The summed E-state index contributed by atoms with van der Waals surface area (Å²) in [6.07, 6.45) is 20.1. The summed E-state index contributed by atoms with van der Waals surface area (Å²) >= 11 is -1.19. The van der Waals surface area contributed by atoms with Crippen LogP contribution in [-0.4, -0.2) is 159 Å². The molecule has 0 aromatic heterocycles. The van der Waals surface area contributed by atoms with Crippen molar-refractivity contribution in [2.45, 2.75) is 196 Å². The molecule has 0 unspecified atom stereocenters. The third kappa shape index (κ3) is 58.7. The minimum absolute atomic E-state index is 0.252. The first-order chi connectivity index (χ1) is 24.7. The largest absolute Gasteiger partial charge is 0.309 e. The summed E-state index contributed by atoms with van der Waals surface area (Å²) < 4.78 is 0. The van der Waals surface area contributed by atoms with Crippen LogP contribution in [-0.2, 0) is 0 Å². The predicted molar refractivity (Wildman–Crippen MR) is 256 cm³/mol. The van der Waals surface area contributed by atoms with Gasteiger partial charge in [-0.1, -0.05) is 159 Å². The summed E-state index contributed by atoms with van der Waals surface area (Å²) in [7, 11) is 17.3. The van der Waals surface area contributed by atoms with E-state index in [1.54, 1.807) is 37.0 Å². The topological polar surface area (TPSA) is 13.0 Å². The van der Waals surface area contributed by atoms with Crippen LogP contribution in [0.1, 0.15) is 131 Å². The van der Waals surface area contributed by atoms with Crippen LogP contribution in [0.5, 0.6) is 0 Å². The van der Waals surface area contributed by atoms with E-state index in [1.165, 1.54) is 132 Å². The Kier molecular flexibility index (Phi) is 57.3. The highest BCUT2D eigenvalue weighted by Crippen LogP contribution is 2.17. The highest BCUT2D eigenvalue weighted by Gasteiger charge is 2.15. The summed E-state index contributed by atoms with van der Waals surface area (Å²) in [4.78, 5) is 9.17. The van der Waals surface area contributed by atoms with Gasteiger partial charge in [-0.05, 0) is 108 Å². The maximum Gasteiger partial charge on any atom is 0.261 e. The Balaban J connectivity index is -0.000000300. The second kappa shape index (κ2) is 49.1. The Morgan fingerprint density at radius 2 is 0.558 bits per heavy atom. The van der Waals surface area contributed by atoms with Crippen molar-refractivity contribution in [2.75, 3.05) is 82.6 Å². The Bertz CT molecular complexity index is 595. The van der Waals surface area contributed by atoms with Gasteiger partial charge < -0.3 is 19.6 Å². The van der Waals surface area contributed by atoms with Crippen molar-refractivity contribution in [2.24, 2.45) is 0 Å². The molecule has 4 nitrogen and oxygen atoms in total. The number of unbranched alkanes of at least 4 members (excludes halogenated alkanes) is 6. The van der Waals surface area contributed by atoms with Gasteiger partial charge in [0.25, 0.3) is 56.6 Å². The van der Waals surface area contributed by atoms with E-state index in [2.05, 4.69) is 129 Å². The van der Waals surface area contributed by atoms with Gasteiger partial charge in [0.05, 0.1) is 0 Å². The summed E-state index contributed by atoms with van der Waals surface area (Å²) in [6, 6.07) is 0. The summed E-state index contributed by atoms with van der Waals surface area (Å²) in [5.74, 6) is 4.85. The molecule has 8 heteroatoms. The van der Waals surface area contributed by atoms with Crippen molar-refractivity contribution >= 4 is 56.6 Å². The Hall–Kier alpha value is 1.97. The molecule has 0 saturated heterocycles. The van der Waals surface area contributed by atoms with E-state index in [9.17, 15) is 0 Å². The maximum atomic E-state index is 2.43. The van der Waals surface area contributed by atoms with Crippen molar-refractivity contribution in [3.63, 3.8) is 0 Å². The minimum atomic E-state index is -0.351. The Morgan fingerprint density at radius 3 is 0.808 bits per heavy atom. The highest BCUT2D eigenvalue weighted by molar-refractivity contribution is 6.59. The molecule has 0 aromatic rings. The molecule has 0 aliphatic carbocycles. The normalized spacial score (nSPS) is 10.8. The molecule has 0 bridgehead atoms. The summed E-state index contributed by atoms with van der Waals surface area (Å²) in [5.41, 5.74) is 0. The molecule has 0 aliphatic rings. The average molecular weight is 797 g/mol. The van der Waals surface area contributed by atoms with E-state index in [0.29, 0.717) is 0 Å². The number of rotatable bonds is 32. The van der Waals surface area contributed by atoms with Crippen molar-refractivity contribution in [3.8, 4) is 0 Å². The van der Waals surface area contributed by atoms with Gasteiger partial charge in [-0.15, -0.1) is 11.6 Å². The van der Waals surface area contributed by atoms with Crippen LogP contribution < -0.4 is 0 Å². The molecule has 0 spiro atoms. The molecule has 0 amide bonds. The SMILES string of the molecule is CCC[CH2][Al]([CH2]CCC)[CH2]CCCN(C)C.CC[CH2][Al]([CH2]CC)[CH2]CCCN(C)C.CN(C)CCC[CH2][Al]([CH3])[CH3].C[CH2][Al]([CH2]C)[CH2]CCCN(C)C. The predicted octanol–water partition coefficient (Wildman–Crippen LogP) is 13.0. The highest BCUT2D eigenvalue weighted by atomic mass is 27.2. The van der Waals surface area contributed by atoms with E-state index < -0.39 is 0 Å². The monoisotopic (exact) mass is 797 g/mol. The molecule has 0 aliphatic heterocycles. The van der Waals surface area contributed by atoms with Gasteiger partial charge in [-0.3, -0.25) is 0 Å². The molecule has 0 N–H and O–H groups in total. The van der Waals surface area contributed by atoms with Crippen LogP contribution in [0.3, 0.4) is 0 Å². The van der Waals surface area contributed by atoms with Crippen LogP contribution in [0, 0.1) is 0 Å².